The van der Waals surface area contributed by atoms with E-state index in [0.717, 1.165) is 11.1 Å². The Bertz CT molecular complexity index is 1020. The molecule has 0 radical (unpaired) electrons. The van der Waals surface area contributed by atoms with Crippen LogP contribution in [-0.2, 0) is 16.1 Å². The van der Waals surface area contributed by atoms with Crippen molar-refractivity contribution in [1.29, 1.82) is 0 Å². The van der Waals surface area contributed by atoms with Crippen molar-refractivity contribution < 1.29 is 14.3 Å². The zero-order chi connectivity index (χ0) is 20.9. The molecule has 1 saturated heterocycles. The number of esters is 1. The Kier molecular flexibility index (Phi) is 6.18. The first kappa shape index (κ1) is 20.2. The van der Waals surface area contributed by atoms with Crippen LogP contribution in [0.1, 0.15) is 15.9 Å². The van der Waals surface area contributed by atoms with Crippen LogP contribution in [-0.4, -0.2) is 57.8 Å². The van der Waals surface area contributed by atoms with Crippen LogP contribution in [0.4, 0.5) is 0 Å². The summed E-state index contributed by atoms with van der Waals surface area (Å²) in [6.07, 6.45) is 1.81. The van der Waals surface area contributed by atoms with E-state index in [1.807, 2.05) is 66.9 Å². The van der Waals surface area contributed by atoms with Gasteiger partial charge in [-0.3, -0.25) is 14.3 Å². The zero-order valence-corrected chi connectivity index (χ0v) is 17.5. The standard InChI is InChI=1S/C23H23N3O3S/c1-29-23(28)20-16-25(12-13-30-20)22(27)19-15-26(14-17-8-4-2-5-9-17)24-21(19)18-10-6-3-7-11-18/h2-11,15,20H,12-14,16H2,1H3/t20-/m1/s1. The molecule has 1 aliphatic heterocycles. The van der Waals surface area contributed by atoms with E-state index in [4.69, 9.17) is 9.84 Å². The molecule has 1 aliphatic rings. The lowest BCUT2D eigenvalue weighted by Gasteiger charge is -2.30. The second-order valence-corrected chi connectivity index (χ2v) is 8.38. The van der Waals surface area contributed by atoms with Gasteiger partial charge < -0.3 is 9.64 Å². The summed E-state index contributed by atoms with van der Waals surface area (Å²) in [4.78, 5) is 27.1. The van der Waals surface area contributed by atoms with E-state index in [-0.39, 0.29) is 17.1 Å². The first-order chi connectivity index (χ1) is 14.7. The molecule has 1 atom stereocenters. The van der Waals surface area contributed by atoms with Gasteiger partial charge in [0.25, 0.3) is 5.91 Å². The van der Waals surface area contributed by atoms with E-state index >= 15 is 0 Å². The van der Waals surface area contributed by atoms with Crippen LogP contribution in [0.5, 0.6) is 0 Å². The number of methoxy groups -OCH3 is 1. The second kappa shape index (κ2) is 9.17. The van der Waals surface area contributed by atoms with E-state index in [0.29, 0.717) is 36.6 Å². The number of benzene rings is 2. The summed E-state index contributed by atoms with van der Waals surface area (Å²) >= 11 is 1.53. The number of thioether (sulfide) groups is 1. The maximum atomic E-state index is 13.4. The Morgan fingerprint density at radius 3 is 2.50 bits per heavy atom. The SMILES string of the molecule is COC(=O)[C@H]1CN(C(=O)c2cn(Cc3ccccc3)nc2-c2ccccc2)CCS1. The molecule has 0 saturated carbocycles. The lowest BCUT2D eigenvalue weighted by atomic mass is 10.1. The zero-order valence-electron chi connectivity index (χ0n) is 16.7. The third-order valence-electron chi connectivity index (χ3n) is 5.04. The van der Waals surface area contributed by atoms with Crippen molar-refractivity contribution in [2.75, 3.05) is 26.0 Å². The summed E-state index contributed by atoms with van der Waals surface area (Å²) in [5, 5.41) is 4.38. The van der Waals surface area contributed by atoms with Gasteiger partial charge in [-0.05, 0) is 5.56 Å². The normalized spacial score (nSPS) is 16.3. The van der Waals surface area contributed by atoms with Crippen LogP contribution in [0.25, 0.3) is 11.3 Å². The number of nitrogens with zero attached hydrogens (tertiary/aromatic N) is 3. The highest BCUT2D eigenvalue weighted by Crippen LogP contribution is 2.26. The molecule has 2 heterocycles. The van der Waals surface area contributed by atoms with Crippen LogP contribution in [0.2, 0.25) is 0 Å². The van der Waals surface area contributed by atoms with Crippen molar-refractivity contribution in [2.24, 2.45) is 0 Å². The van der Waals surface area contributed by atoms with Crippen molar-refractivity contribution in [3.05, 3.63) is 78.0 Å². The summed E-state index contributed by atoms with van der Waals surface area (Å²) in [6, 6.07) is 19.7. The van der Waals surface area contributed by atoms with Gasteiger partial charge in [-0.2, -0.15) is 5.10 Å². The molecule has 4 rings (SSSR count). The van der Waals surface area contributed by atoms with Gasteiger partial charge in [0.15, 0.2) is 0 Å². The van der Waals surface area contributed by atoms with Gasteiger partial charge in [-0.15, -0.1) is 11.8 Å². The van der Waals surface area contributed by atoms with Crippen LogP contribution >= 0.6 is 11.8 Å². The number of hydrogen-bond acceptors (Lipinski definition) is 5. The van der Waals surface area contributed by atoms with Gasteiger partial charge in [-0.25, -0.2) is 0 Å². The minimum absolute atomic E-state index is 0.109. The maximum Gasteiger partial charge on any atom is 0.320 e. The first-order valence-electron chi connectivity index (χ1n) is 9.81. The van der Waals surface area contributed by atoms with E-state index in [2.05, 4.69) is 0 Å². The van der Waals surface area contributed by atoms with Crippen molar-refractivity contribution in [1.82, 2.24) is 14.7 Å². The summed E-state index contributed by atoms with van der Waals surface area (Å²) in [7, 11) is 1.38. The molecule has 30 heavy (non-hydrogen) atoms. The third kappa shape index (κ3) is 4.41. The molecule has 0 bridgehead atoms. The average molecular weight is 422 g/mol. The molecule has 3 aromatic rings. The lowest BCUT2D eigenvalue weighted by Crippen LogP contribution is -2.45. The average Bonchev–Trinajstić information content (AvgIpc) is 3.23. The Hall–Kier alpha value is -3.06. The molecule has 0 spiro atoms. The fraction of sp³-hybridized carbons (Fsp3) is 0.261. The fourth-order valence-corrected chi connectivity index (χ4v) is 4.64. The maximum absolute atomic E-state index is 13.4. The lowest BCUT2D eigenvalue weighted by molar-refractivity contribution is -0.140. The molecule has 154 valence electrons. The number of rotatable bonds is 5. The highest BCUT2D eigenvalue weighted by Gasteiger charge is 2.32. The Labute approximate surface area is 179 Å². The third-order valence-corrected chi connectivity index (χ3v) is 6.21. The fourth-order valence-electron chi connectivity index (χ4n) is 3.52. The van der Waals surface area contributed by atoms with Gasteiger partial charge >= 0.3 is 5.97 Å². The van der Waals surface area contributed by atoms with Gasteiger partial charge in [0.05, 0.1) is 19.2 Å². The van der Waals surface area contributed by atoms with Crippen molar-refractivity contribution in [3.63, 3.8) is 0 Å². The summed E-state index contributed by atoms with van der Waals surface area (Å²) < 4.78 is 6.68. The van der Waals surface area contributed by atoms with Crippen LogP contribution in [0.3, 0.4) is 0 Å². The molecule has 1 fully saturated rings. The highest BCUT2D eigenvalue weighted by molar-refractivity contribution is 8.00. The van der Waals surface area contributed by atoms with Crippen molar-refractivity contribution in [3.8, 4) is 11.3 Å². The van der Waals surface area contributed by atoms with Crippen LogP contribution in [0, 0.1) is 0 Å². The molecule has 1 aromatic heterocycles. The predicted molar refractivity (Wildman–Crippen MR) is 117 cm³/mol. The topological polar surface area (TPSA) is 64.4 Å². The largest absolute Gasteiger partial charge is 0.468 e. The Morgan fingerprint density at radius 2 is 1.80 bits per heavy atom. The predicted octanol–water partition coefficient (Wildman–Crippen LogP) is 3.33. The number of carbonyl (C=O) groups is 2. The van der Waals surface area contributed by atoms with E-state index in [1.54, 1.807) is 9.58 Å². The number of ether oxygens (including phenoxy) is 1. The number of carbonyl (C=O) groups excluding carboxylic acids is 2. The van der Waals surface area contributed by atoms with Gasteiger partial charge in [0.2, 0.25) is 0 Å². The van der Waals surface area contributed by atoms with Crippen LogP contribution in [0.15, 0.2) is 66.9 Å². The Morgan fingerprint density at radius 1 is 1.10 bits per heavy atom. The summed E-state index contributed by atoms with van der Waals surface area (Å²) in [5.41, 5.74) is 3.21. The summed E-state index contributed by atoms with van der Waals surface area (Å²) in [6.45, 7) is 1.51. The van der Waals surface area contributed by atoms with Crippen LogP contribution < -0.4 is 0 Å². The highest BCUT2D eigenvalue weighted by atomic mass is 32.2. The quantitative estimate of drug-likeness (QED) is 0.592. The number of amides is 1. The molecule has 2 aromatic carbocycles. The minimum atomic E-state index is -0.354. The molecular formula is C23H23N3O3S. The van der Waals surface area contributed by atoms with Gasteiger partial charge in [0.1, 0.15) is 10.9 Å². The molecule has 0 aliphatic carbocycles. The van der Waals surface area contributed by atoms with Gasteiger partial charge in [0, 0.05) is 30.6 Å². The molecule has 0 unspecified atom stereocenters. The minimum Gasteiger partial charge on any atom is -0.468 e. The van der Waals surface area contributed by atoms with E-state index < -0.39 is 0 Å². The molecule has 1 amide bonds. The van der Waals surface area contributed by atoms with E-state index in [9.17, 15) is 9.59 Å². The van der Waals surface area contributed by atoms with Gasteiger partial charge in [-0.1, -0.05) is 60.7 Å². The smallest absolute Gasteiger partial charge is 0.320 e. The van der Waals surface area contributed by atoms with E-state index in [1.165, 1.54) is 18.9 Å². The number of hydrogen-bond donors (Lipinski definition) is 0. The monoisotopic (exact) mass is 421 g/mol. The molecule has 0 N–H and O–H groups in total. The van der Waals surface area contributed by atoms with Crippen molar-refractivity contribution in [2.45, 2.75) is 11.8 Å². The molecule has 6 nitrogen and oxygen atoms in total. The first-order valence-corrected chi connectivity index (χ1v) is 10.9. The second-order valence-electron chi connectivity index (χ2n) is 7.07. The molecular weight excluding hydrogens is 398 g/mol. The molecule has 7 heteroatoms. The summed E-state index contributed by atoms with van der Waals surface area (Å²) in [5.74, 6) is 0.299. The number of aromatic nitrogens is 2. The van der Waals surface area contributed by atoms with Crippen molar-refractivity contribution >= 4 is 23.6 Å². The Balaban J connectivity index is 1.65.